The largest absolute Gasteiger partial charge is 0.462 e. The van der Waals surface area contributed by atoms with E-state index in [-0.39, 0.29) is 37.5 Å². The van der Waals surface area contributed by atoms with Crippen molar-refractivity contribution in [1.82, 2.24) is 0 Å². The Morgan fingerprint density at radius 2 is 0.500 bits per heavy atom. The van der Waals surface area contributed by atoms with Gasteiger partial charge in [0, 0.05) is 19.3 Å². The maximum absolute atomic E-state index is 12.9. The van der Waals surface area contributed by atoms with Crippen molar-refractivity contribution >= 4 is 17.9 Å². The van der Waals surface area contributed by atoms with Gasteiger partial charge in [0.2, 0.25) is 0 Å². The third kappa shape index (κ3) is 64.4. The van der Waals surface area contributed by atoms with E-state index in [0.717, 1.165) is 116 Å². The van der Waals surface area contributed by atoms with Gasteiger partial charge in [0.25, 0.3) is 0 Å². The summed E-state index contributed by atoms with van der Waals surface area (Å²) in [6, 6.07) is 0. The first-order valence-electron chi connectivity index (χ1n) is 33.2. The number of carbonyl (C=O) groups excluding carboxylic acids is 3. The topological polar surface area (TPSA) is 78.9 Å². The fourth-order valence-corrected chi connectivity index (χ4v) is 8.90. The number of carbonyl (C=O) groups is 3. The van der Waals surface area contributed by atoms with Crippen LogP contribution in [0.5, 0.6) is 0 Å². The molecule has 6 nitrogen and oxygen atoms in total. The van der Waals surface area contributed by atoms with Gasteiger partial charge in [-0.15, -0.1) is 0 Å². The van der Waals surface area contributed by atoms with Gasteiger partial charge in [-0.3, -0.25) is 14.4 Å². The lowest BCUT2D eigenvalue weighted by atomic mass is 10.1. The molecule has 0 fully saturated rings. The smallest absolute Gasteiger partial charge is 0.306 e. The van der Waals surface area contributed by atoms with E-state index in [1.54, 1.807) is 0 Å². The minimum Gasteiger partial charge on any atom is -0.462 e. The van der Waals surface area contributed by atoms with Gasteiger partial charge in [-0.1, -0.05) is 276 Å². The van der Waals surface area contributed by atoms with Crippen molar-refractivity contribution in [2.75, 3.05) is 13.2 Å². The molecule has 0 aliphatic heterocycles. The van der Waals surface area contributed by atoms with Gasteiger partial charge in [-0.25, -0.2) is 0 Å². The van der Waals surface area contributed by atoms with Gasteiger partial charge in [0.15, 0.2) is 6.10 Å². The lowest BCUT2D eigenvalue weighted by Crippen LogP contribution is -2.30. The molecule has 0 N–H and O–H groups in total. The van der Waals surface area contributed by atoms with Gasteiger partial charge in [-0.05, 0) is 135 Å². The van der Waals surface area contributed by atoms with Crippen molar-refractivity contribution in [3.8, 4) is 0 Å². The molecule has 0 saturated heterocycles. The second-order valence-electron chi connectivity index (χ2n) is 21.6. The summed E-state index contributed by atoms with van der Waals surface area (Å²) >= 11 is 0. The molecule has 0 spiro atoms. The fraction of sp³-hybridized carbons (Fsp3) is 0.662. The van der Waals surface area contributed by atoms with E-state index in [1.807, 2.05) is 0 Å². The maximum Gasteiger partial charge on any atom is 0.306 e. The summed E-state index contributed by atoms with van der Waals surface area (Å²) in [5.41, 5.74) is 0. The zero-order valence-electron chi connectivity index (χ0n) is 52.0. The van der Waals surface area contributed by atoms with E-state index in [9.17, 15) is 14.4 Å². The second-order valence-corrected chi connectivity index (χ2v) is 21.6. The lowest BCUT2D eigenvalue weighted by Gasteiger charge is -2.18. The fourth-order valence-electron chi connectivity index (χ4n) is 8.90. The molecule has 1 unspecified atom stereocenters. The van der Waals surface area contributed by atoms with E-state index >= 15 is 0 Å². The quantitative estimate of drug-likeness (QED) is 0.0261. The second kappa shape index (κ2) is 67.1. The predicted molar refractivity (Wildman–Crippen MR) is 348 cm³/mol. The van der Waals surface area contributed by atoms with E-state index in [0.29, 0.717) is 19.3 Å². The highest BCUT2D eigenvalue weighted by molar-refractivity contribution is 5.71. The summed E-state index contributed by atoms with van der Waals surface area (Å²) in [5.74, 6) is -0.971. The molecular weight excluding hydrogens is 985 g/mol. The zero-order chi connectivity index (χ0) is 57.8. The van der Waals surface area contributed by atoms with Crippen LogP contribution in [-0.2, 0) is 28.6 Å². The third-order valence-electron chi connectivity index (χ3n) is 13.9. The average Bonchev–Trinajstić information content (AvgIpc) is 3.46. The van der Waals surface area contributed by atoms with Crippen molar-refractivity contribution in [3.05, 3.63) is 134 Å². The highest BCUT2D eigenvalue weighted by Gasteiger charge is 2.19. The Balaban J connectivity index is 4.46. The summed E-state index contributed by atoms with van der Waals surface area (Å²) < 4.78 is 16.9. The molecule has 0 radical (unpaired) electrons. The Morgan fingerprint density at radius 3 is 0.825 bits per heavy atom. The molecule has 0 aromatic carbocycles. The molecule has 0 saturated carbocycles. The Hall–Kier alpha value is -4.45. The van der Waals surface area contributed by atoms with Crippen LogP contribution in [0.3, 0.4) is 0 Å². The van der Waals surface area contributed by atoms with Gasteiger partial charge in [0.1, 0.15) is 13.2 Å². The van der Waals surface area contributed by atoms with Crippen LogP contribution in [-0.4, -0.2) is 37.2 Å². The van der Waals surface area contributed by atoms with E-state index < -0.39 is 6.10 Å². The molecular formula is C74H122O6. The molecule has 0 aliphatic carbocycles. The number of rotatable bonds is 59. The number of hydrogen-bond donors (Lipinski definition) is 0. The molecule has 0 rings (SSSR count). The number of unbranched alkanes of at least 4 members (excludes halogenated alkanes) is 26. The third-order valence-corrected chi connectivity index (χ3v) is 13.9. The summed E-state index contributed by atoms with van der Waals surface area (Å²) in [7, 11) is 0. The first-order chi connectivity index (χ1) is 39.5. The molecule has 0 aliphatic rings. The number of esters is 3. The molecule has 0 bridgehead atoms. The summed E-state index contributed by atoms with van der Waals surface area (Å²) in [4.78, 5) is 38.3. The Kier molecular flexibility index (Phi) is 63.3. The average molecular weight is 1110 g/mol. The van der Waals surface area contributed by atoms with Crippen LogP contribution in [0.1, 0.15) is 297 Å². The number of allylic oxidation sites excluding steroid dienone is 22. The first-order valence-corrected chi connectivity index (χ1v) is 33.2. The van der Waals surface area contributed by atoms with Crippen LogP contribution in [0.4, 0.5) is 0 Å². The van der Waals surface area contributed by atoms with Gasteiger partial charge < -0.3 is 14.2 Å². The Bertz CT molecular complexity index is 1700. The lowest BCUT2D eigenvalue weighted by molar-refractivity contribution is -0.167. The number of hydrogen-bond acceptors (Lipinski definition) is 6. The minimum absolute atomic E-state index is 0.103. The molecule has 6 heteroatoms. The van der Waals surface area contributed by atoms with Crippen molar-refractivity contribution in [1.29, 1.82) is 0 Å². The Morgan fingerprint density at radius 1 is 0.263 bits per heavy atom. The van der Waals surface area contributed by atoms with Crippen LogP contribution in [0.25, 0.3) is 0 Å². The van der Waals surface area contributed by atoms with Crippen molar-refractivity contribution in [2.24, 2.45) is 0 Å². The van der Waals surface area contributed by atoms with Crippen molar-refractivity contribution in [2.45, 2.75) is 303 Å². The summed E-state index contributed by atoms with van der Waals surface area (Å²) in [5, 5.41) is 0. The van der Waals surface area contributed by atoms with Crippen molar-refractivity contribution < 1.29 is 28.6 Å². The van der Waals surface area contributed by atoms with Crippen LogP contribution in [0.2, 0.25) is 0 Å². The molecule has 0 heterocycles. The van der Waals surface area contributed by atoms with Gasteiger partial charge >= 0.3 is 17.9 Å². The molecule has 454 valence electrons. The normalized spacial score (nSPS) is 13.0. The zero-order valence-corrected chi connectivity index (χ0v) is 52.0. The van der Waals surface area contributed by atoms with Gasteiger partial charge in [0.05, 0.1) is 0 Å². The Labute approximate surface area is 494 Å². The van der Waals surface area contributed by atoms with Crippen molar-refractivity contribution in [3.63, 3.8) is 0 Å². The molecule has 80 heavy (non-hydrogen) atoms. The molecule has 1 atom stereocenters. The highest BCUT2D eigenvalue weighted by Crippen LogP contribution is 2.15. The first kappa shape index (κ1) is 75.5. The highest BCUT2D eigenvalue weighted by atomic mass is 16.6. The van der Waals surface area contributed by atoms with E-state index in [4.69, 9.17) is 14.2 Å². The molecule has 0 aromatic rings. The predicted octanol–water partition coefficient (Wildman–Crippen LogP) is 22.9. The van der Waals surface area contributed by atoms with Crippen LogP contribution >= 0.6 is 0 Å². The minimum atomic E-state index is -0.811. The summed E-state index contributed by atoms with van der Waals surface area (Å²) in [6.07, 6.45) is 94.6. The van der Waals surface area contributed by atoms with E-state index in [1.165, 1.54) is 135 Å². The summed E-state index contributed by atoms with van der Waals surface area (Å²) in [6.45, 7) is 6.47. The number of ether oxygens (including phenoxy) is 3. The maximum atomic E-state index is 12.9. The van der Waals surface area contributed by atoms with Crippen LogP contribution in [0, 0.1) is 0 Å². The van der Waals surface area contributed by atoms with E-state index in [2.05, 4.69) is 154 Å². The van der Waals surface area contributed by atoms with Crippen LogP contribution < -0.4 is 0 Å². The molecule has 0 aromatic heterocycles. The SMILES string of the molecule is CC/C=C\C/C=C\C/C=C\C/C=C\C/C=C\C/C=C\C/C=C\C/C=C\C/C=C\CCCC(=O)OCC(COC(=O)CCCCCCC/C=C\CCCCCCC)OC(=O)CCCCCCCCCCC/C=C\CCCCCCCC. The van der Waals surface area contributed by atoms with Gasteiger partial charge in [-0.2, -0.15) is 0 Å². The standard InChI is InChI=1S/C74H122O6/c1-4-7-10-13-16-19-22-25-28-30-32-33-34-35-36-37-38-39-40-41-43-44-46-49-52-55-58-61-64-67-73(76)79-70-71(69-78-72(75)66-63-60-57-54-51-48-27-24-21-18-15-12-9-6-3)80-74(77)68-65-62-59-56-53-50-47-45-42-31-29-26-23-20-17-14-11-8-5-2/h7,10,16,19,24-29,32-33,35-36,38-39,41,43,46,49,55,58,71H,4-6,8-9,11-15,17-18,20-23,30-31,34,37,40,42,44-45,47-48,50-54,56-57,59-70H2,1-3H3/b10-7-,19-16-,27-24-,28-25-,29-26-,33-32-,36-35-,39-38-,43-41-,49-46-,58-55-. The monoisotopic (exact) mass is 1110 g/mol. The molecule has 0 amide bonds. The van der Waals surface area contributed by atoms with Crippen LogP contribution in [0.15, 0.2) is 134 Å².